The number of carbonyl (C=O) groups is 3. The summed E-state index contributed by atoms with van der Waals surface area (Å²) in [5.41, 5.74) is -2.83. The summed E-state index contributed by atoms with van der Waals surface area (Å²) in [6.07, 6.45) is 3.63. The minimum Gasteiger partial charge on any atom is -0.458 e. The largest absolute Gasteiger partial charge is 0.458 e. The van der Waals surface area contributed by atoms with E-state index in [1.165, 1.54) is 0 Å². The molecule has 0 aliphatic heterocycles. The Morgan fingerprint density at radius 3 is 2.20 bits per heavy atom. The summed E-state index contributed by atoms with van der Waals surface area (Å²) in [7, 11) is 0. The maximum absolute atomic E-state index is 14.6. The molecule has 0 amide bonds. The Bertz CT molecular complexity index is 1330. The molecule has 242 valence electrons. The molecule has 0 spiro atoms. The van der Waals surface area contributed by atoms with Crippen molar-refractivity contribution in [1.82, 2.24) is 0 Å². The van der Waals surface area contributed by atoms with Gasteiger partial charge in [0.25, 0.3) is 0 Å². The van der Waals surface area contributed by atoms with Crippen LogP contribution in [0.2, 0.25) is 0 Å². The lowest BCUT2D eigenvalue weighted by Gasteiger charge is -2.73. The quantitative estimate of drug-likeness (QED) is 0.310. The zero-order chi connectivity index (χ0) is 32.1. The molecule has 0 heterocycles. The first-order valence-electron chi connectivity index (χ1n) is 16.8. The number of rotatable bonds is 4. The van der Waals surface area contributed by atoms with Gasteiger partial charge in [0.15, 0.2) is 0 Å². The predicted molar refractivity (Wildman–Crippen MR) is 165 cm³/mol. The number of fused-ring (bicyclic) bond motifs is 7. The van der Waals surface area contributed by atoms with Gasteiger partial charge in [-0.25, -0.2) is 4.79 Å². The minimum absolute atomic E-state index is 0.0676. The molecule has 3 N–H and O–H groups in total. The van der Waals surface area contributed by atoms with Crippen molar-refractivity contribution in [3.63, 3.8) is 0 Å². The van der Waals surface area contributed by atoms with Crippen molar-refractivity contribution < 1.29 is 34.4 Å². The Hall–Kier alpha value is -2.09. The fraction of sp³-hybridized carbons (Fsp3) is 0.757. The van der Waals surface area contributed by atoms with E-state index in [0.29, 0.717) is 37.7 Å². The van der Waals surface area contributed by atoms with E-state index < -0.39 is 45.9 Å². The zero-order valence-corrected chi connectivity index (χ0v) is 27.3. The van der Waals surface area contributed by atoms with Gasteiger partial charge < -0.3 is 24.9 Å². The molecule has 0 aromatic heterocycles. The lowest BCUT2D eigenvalue weighted by atomic mass is 9.31. The monoisotopic (exact) mass is 608 g/mol. The summed E-state index contributed by atoms with van der Waals surface area (Å²) >= 11 is 0. The number of benzene rings is 1. The van der Waals surface area contributed by atoms with Crippen LogP contribution in [0.1, 0.15) is 103 Å². The second-order valence-electron chi connectivity index (χ2n) is 17.0. The third-order valence-electron chi connectivity index (χ3n) is 15.1. The summed E-state index contributed by atoms with van der Waals surface area (Å²) in [6.45, 7) is 12.6. The summed E-state index contributed by atoms with van der Waals surface area (Å²) < 4.78 is 6.04. The Labute approximate surface area is 262 Å². The van der Waals surface area contributed by atoms with Gasteiger partial charge in [-0.05, 0) is 98.0 Å². The highest BCUT2D eigenvalue weighted by molar-refractivity contribution is 5.89. The van der Waals surface area contributed by atoms with Crippen LogP contribution in [0.15, 0.2) is 30.3 Å². The molecule has 6 rings (SSSR count). The molecule has 5 aliphatic rings. The number of Topliss-reactive ketones (excluding diaryl/α,β-unsaturated/α-hetero) is 1. The Morgan fingerprint density at radius 1 is 0.886 bits per heavy atom. The van der Waals surface area contributed by atoms with Gasteiger partial charge in [0.1, 0.15) is 18.2 Å². The highest BCUT2D eigenvalue weighted by Crippen LogP contribution is 2.76. The number of hydrogen-bond acceptors (Lipinski definition) is 7. The van der Waals surface area contributed by atoms with E-state index in [2.05, 4.69) is 20.8 Å². The van der Waals surface area contributed by atoms with Gasteiger partial charge >= 0.3 is 5.97 Å². The number of aliphatic hydroxyl groups is 3. The van der Waals surface area contributed by atoms with Crippen molar-refractivity contribution in [1.29, 1.82) is 0 Å². The van der Waals surface area contributed by atoms with Crippen molar-refractivity contribution in [2.75, 3.05) is 6.61 Å². The Kier molecular flexibility index (Phi) is 7.39. The molecule has 13 atom stereocenters. The van der Waals surface area contributed by atoms with Crippen LogP contribution in [0, 0.1) is 56.2 Å². The summed E-state index contributed by atoms with van der Waals surface area (Å²) in [4.78, 5) is 40.6. The SMILES string of the molecule is CC1(C=O)CC2C3C(=O)CC4C5(C)CCC(O)C(C)(CO)C5CCC4(C)C3(C)CC(O)C2(C)CC1OC(=O)c1ccccc1. The number of carbonyl (C=O) groups excluding carboxylic acids is 3. The molecule has 0 bridgehead atoms. The van der Waals surface area contributed by atoms with E-state index in [4.69, 9.17) is 4.74 Å². The lowest BCUT2D eigenvalue weighted by Crippen LogP contribution is -2.72. The highest BCUT2D eigenvalue weighted by atomic mass is 16.5. The van der Waals surface area contributed by atoms with Crippen molar-refractivity contribution >= 4 is 18.0 Å². The Balaban J connectivity index is 1.36. The first kappa shape index (κ1) is 31.9. The van der Waals surface area contributed by atoms with Crippen LogP contribution >= 0.6 is 0 Å². The topological polar surface area (TPSA) is 121 Å². The number of ketones is 1. The maximum Gasteiger partial charge on any atom is 0.338 e. The van der Waals surface area contributed by atoms with Crippen LogP contribution in [-0.2, 0) is 14.3 Å². The fourth-order valence-electron chi connectivity index (χ4n) is 12.0. The van der Waals surface area contributed by atoms with E-state index in [1.54, 1.807) is 24.3 Å². The molecule has 7 nitrogen and oxygen atoms in total. The molecule has 7 heteroatoms. The molecule has 13 unspecified atom stereocenters. The molecular weight excluding hydrogens is 556 g/mol. The summed E-state index contributed by atoms with van der Waals surface area (Å²) in [6, 6.07) is 8.76. The highest BCUT2D eigenvalue weighted by Gasteiger charge is 2.74. The standard InChI is InChI=1S/C37H52O7/c1-32(20-38)17-23-30-24(40)16-26-33(2)14-13-27(41)35(4,21-39)25(33)12-15-36(26,5)37(30,6)18-28(42)34(23,3)19-29(32)44-31(43)22-10-8-7-9-11-22/h7-11,20,23,25-30,39,41-42H,12-19,21H2,1-6H3. The van der Waals surface area contributed by atoms with Crippen LogP contribution < -0.4 is 0 Å². The van der Waals surface area contributed by atoms with Gasteiger partial charge in [-0.2, -0.15) is 0 Å². The summed E-state index contributed by atoms with van der Waals surface area (Å²) in [5.74, 6) is -0.655. The molecule has 0 saturated heterocycles. The predicted octanol–water partition coefficient (Wildman–Crippen LogP) is 5.39. The van der Waals surface area contributed by atoms with Crippen molar-refractivity contribution in [3.8, 4) is 0 Å². The molecule has 1 aromatic rings. The molecule has 0 radical (unpaired) electrons. The van der Waals surface area contributed by atoms with Crippen molar-refractivity contribution in [2.45, 2.75) is 111 Å². The molecule has 1 aromatic carbocycles. The number of esters is 1. The van der Waals surface area contributed by atoms with Gasteiger partial charge in [-0.1, -0.05) is 52.8 Å². The second kappa shape index (κ2) is 10.2. The van der Waals surface area contributed by atoms with E-state index in [1.807, 2.05) is 26.8 Å². The van der Waals surface area contributed by atoms with Crippen LogP contribution in [-0.4, -0.2) is 58.3 Å². The molecule has 44 heavy (non-hydrogen) atoms. The smallest absolute Gasteiger partial charge is 0.338 e. The first-order chi connectivity index (χ1) is 20.5. The average Bonchev–Trinajstić information content (AvgIpc) is 2.99. The van der Waals surface area contributed by atoms with Gasteiger partial charge in [-0.3, -0.25) is 4.79 Å². The van der Waals surface area contributed by atoms with Gasteiger partial charge in [0.05, 0.1) is 29.8 Å². The number of aldehydes is 1. The number of hydrogen-bond donors (Lipinski definition) is 3. The third kappa shape index (κ3) is 4.07. The molecular formula is C37H52O7. The van der Waals surface area contributed by atoms with Crippen molar-refractivity contribution in [2.24, 2.45) is 56.2 Å². The van der Waals surface area contributed by atoms with E-state index in [0.717, 1.165) is 25.5 Å². The lowest BCUT2D eigenvalue weighted by molar-refractivity contribution is -0.269. The third-order valence-corrected chi connectivity index (χ3v) is 15.1. The average molecular weight is 609 g/mol. The van der Waals surface area contributed by atoms with Gasteiger partial charge in [0.2, 0.25) is 0 Å². The van der Waals surface area contributed by atoms with Gasteiger partial charge in [0, 0.05) is 23.2 Å². The van der Waals surface area contributed by atoms with E-state index >= 15 is 0 Å². The van der Waals surface area contributed by atoms with Crippen LogP contribution in [0.3, 0.4) is 0 Å². The normalized spacial score (nSPS) is 51.7. The second-order valence-corrected chi connectivity index (χ2v) is 17.0. The van der Waals surface area contributed by atoms with Crippen LogP contribution in [0.5, 0.6) is 0 Å². The summed E-state index contributed by atoms with van der Waals surface area (Å²) in [5, 5.41) is 33.6. The van der Waals surface area contributed by atoms with Gasteiger partial charge in [-0.15, -0.1) is 0 Å². The van der Waals surface area contributed by atoms with E-state index in [9.17, 15) is 29.7 Å². The maximum atomic E-state index is 14.6. The molecule has 5 fully saturated rings. The first-order valence-corrected chi connectivity index (χ1v) is 16.8. The minimum atomic E-state index is -0.989. The Morgan fingerprint density at radius 2 is 1.57 bits per heavy atom. The molecule has 5 aliphatic carbocycles. The van der Waals surface area contributed by atoms with Crippen LogP contribution in [0.4, 0.5) is 0 Å². The zero-order valence-electron chi connectivity index (χ0n) is 27.3. The fourth-order valence-corrected chi connectivity index (χ4v) is 12.0. The van der Waals surface area contributed by atoms with Crippen molar-refractivity contribution in [3.05, 3.63) is 35.9 Å². The number of ether oxygens (including phenoxy) is 1. The number of aliphatic hydroxyl groups excluding tert-OH is 3. The van der Waals surface area contributed by atoms with Crippen LogP contribution in [0.25, 0.3) is 0 Å². The molecule has 5 saturated carbocycles. The van der Waals surface area contributed by atoms with E-state index in [-0.39, 0.29) is 46.9 Å².